The summed E-state index contributed by atoms with van der Waals surface area (Å²) in [6, 6.07) is 19.9. The molecule has 5 rings (SSSR count). The number of hydrogen-bond donors (Lipinski definition) is 3. The molecule has 43 heavy (non-hydrogen) atoms. The van der Waals surface area contributed by atoms with Crippen molar-refractivity contribution in [1.82, 2.24) is 25.6 Å². The minimum absolute atomic E-state index is 0.0407. The number of carboxylic acid groups (broad SMARTS) is 1. The Balaban J connectivity index is 1.32. The fraction of sp³-hybridized carbons (Fsp3) is 0.258. The van der Waals surface area contributed by atoms with Gasteiger partial charge in [0.25, 0.3) is 5.91 Å². The molecule has 0 aliphatic carbocycles. The van der Waals surface area contributed by atoms with Gasteiger partial charge in [0.1, 0.15) is 12.4 Å². The van der Waals surface area contributed by atoms with E-state index in [-0.39, 0.29) is 44.7 Å². The monoisotopic (exact) mass is 605 g/mol. The van der Waals surface area contributed by atoms with Crippen molar-refractivity contribution in [2.45, 2.75) is 31.9 Å². The van der Waals surface area contributed by atoms with Crippen molar-refractivity contribution < 1.29 is 28.6 Å². The van der Waals surface area contributed by atoms with Crippen LogP contribution in [0.1, 0.15) is 34.5 Å². The number of carbonyl (C=O) groups is 3. The molecule has 0 radical (unpaired) electrons. The molecule has 2 heterocycles. The van der Waals surface area contributed by atoms with Crippen LogP contribution in [0.5, 0.6) is 0 Å². The number of aromatic amines is 1. The van der Waals surface area contributed by atoms with E-state index in [9.17, 15) is 23.9 Å². The Labute approximate surface area is 251 Å². The number of amides is 2. The van der Waals surface area contributed by atoms with Gasteiger partial charge in [0.2, 0.25) is 0 Å². The summed E-state index contributed by atoms with van der Waals surface area (Å²) in [7, 11) is 0. The lowest BCUT2D eigenvalue weighted by Crippen LogP contribution is -2.45. The summed E-state index contributed by atoms with van der Waals surface area (Å²) in [4.78, 5) is 39.8. The molecule has 0 saturated carbocycles. The normalized spacial score (nSPS) is 16.9. The van der Waals surface area contributed by atoms with Crippen LogP contribution in [-0.2, 0) is 22.6 Å². The first-order valence-corrected chi connectivity index (χ1v) is 14.0. The van der Waals surface area contributed by atoms with Crippen LogP contribution in [0.2, 0.25) is 5.02 Å². The van der Waals surface area contributed by atoms with Crippen LogP contribution >= 0.6 is 11.6 Å². The van der Waals surface area contributed by atoms with Gasteiger partial charge in [-0.2, -0.15) is 15.4 Å². The van der Waals surface area contributed by atoms with Gasteiger partial charge in [0.15, 0.2) is 5.69 Å². The molecule has 0 bridgehead atoms. The van der Waals surface area contributed by atoms with Gasteiger partial charge in [-0.15, -0.1) is 0 Å². The molecule has 4 aromatic rings. The molecule has 3 N–H and O–H groups in total. The van der Waals surface area contributed by atoms with Crippen molar-refractivity contribution in [2.24, 2.45) is 5.41 Å². The number of hydrogen-bond acceptors (Lipinski definition) is 6. The highest BCUT2D eigenvalue weighted by Gasteiger charge is 2.48. The lowest BCUT2D eigenvalue weighted by Gasteiger charge is -2.30. The number of rotatable bonds is 10. The second kappa shape index (κ2) is 13.0. The second-order valence-corrected chi connectivity index (χ2v) is 11.0. The third-order valence-electron chi connectivity index (χ3n) is 7.57. The average molecular weight is 606 g/mol. The highest BCUT2D eigenvalue weighted by atomic mass is 35.5. The maximum absolute atomic E-state index is 14.4. The number of aromatic nitrogens is 3. The van der Waals surface area contributed by atoms with E-state index in [0.717, 1.165) is 11.1 Å². The van der Waals surface area contributed by atoms with E-state index in [2.05, 4.69) is 20.7 Å². The van der Waals surface area contributed by atoms with Crippen molar-refractivity contribution in [2.75, 3.05) is 13.1 Å². The number of benzene rings is 3. The topological polar surface area (TPSA) is 138 Å². The number of nitrogens with one attached hydrogen (secondary N) is 2. The van der Waals surface area contributed by atoms with Gasteiger partial charge >= 0.3 is 12.1 Å². The molecule has 2 atom stereocenters. The Kier molecular flexibility index (Phi) is 9.01. The van der Waals surface area contributed by atoms with E-state index in [4.69, 9.17) is 16.3 Å². The van der Waals surface area contributed by atoms with Gasteiger partial charge in [-0.3, -0.25) is 9.59 Å². The maximum Gasteiger partial charge on any atom is 0.410 e. The molecule has 12 heteroatoms. The molecule has 1 fully saturated rings. The lowest BCUT2D eigenvalue weighted by molar-refractivity contribution is -0.149. The number of H-pyrrole nitrogens is 1. The molecule has 10 nitrogen and oxygen atoms in total. The standard InChI is InChI=1S/C31H29ClFN5O5/c32-23-10-11-26(33)25(15-23)22-8-6-20(7-9-22)14-24(35-28(39)27-17-34-37-36-27)16-31(29(40)41)12-13-38(19-31)30(42)43-18-21-4-2-1-3-5-21/h1-11,15,17,24H,12-14,16,18-19H2,(H,35,39)(H,40,41)(H,34,36,37). The Morgan fingerprint density at radius 3 is 2.56 bits per heavy atom. The van der Waals surface area contributed by atoms with Gasteiger partial charge < -0.3 is 20.1 Å². The van der Waals surface area contributed by atoms with Crippen molar-refractivity contribution in [1.29, 1.82) is 0 Å². The zero-order chi connectivity index (χ0) is 30.4. The minimum Gasteiger partial charge on any atom is -0.481 e. The van der Waals surface area contributed by atoms with Gasteiger partial charge in [-0.05, 0) is 54.2 Å². The molecule has 1 aromatic heterocycles. The summed E-state index contributed by atoms with van der Waals surface area (Å²) >= 11 is 6.05. The van der Waals surface area contributed by atoms with Gasteiger partial charge in [0, 0.05) is 29.7 Å². The number of carbonyl (C=O) groups excluding carboxylic acids is 2. The molecule has 2 unspecified atom stereocenters. The van der Waals surface area contributed by atoms with Crippen LogP contribution < -0.4 is 5.32 Å². The van der Waals surface area contributed by atoms with E-state index in [1.54, 1.807) is 30.3 Å². The van der Waals surface area contributed by atoms with Crippen LogP contribution in [0.4, 0.5) is 9.18 Å². The fourth-order valence-electron chi connectivity index (χ4n) is 5.31. The van der Waals surface area contributed by atoms with Crippen LogP contribution in [0.3, 0.4) is 0 Å². The predicted octanol–water partition coefficient (Wildman–Crippen LogP) is 5.11. The molecule has 2 amide bonds. The predicted molar refractivity (Wildman–Crippen MR) is 156 cm³/mol. The molecule has 1 saturated heterocycles. The van der Waals surface area contributed by atoms with Crippen LogP contribution in [-0.4, -0.2) is 62.5 Å². The highest BCUT2D eigenvalue weighted by molar-refractivity contribution is 6.30. The first-order valence-electron chi connectivity index (χ1n) is 13.6. The molecular weight excluding hydrogens is 577 g/mol. The quantitative estimate of drug-likeness (QED) is 0.228. The molecule has 3 aromatic carbocycles. The summed E-state index contributed by atoms with van der Waals surface area (Å²) in [5.74, 6) is -2.00. The summed E-state index contributed by atoms with van der Waals surface area (Å²) < 4.78 is 19.8. The second-order valence-electron chi connectivity index (χ2n) is 10.6. The van der Waals surface area contributed by atoms with Crippen molar-refractivity contribution in [3.63, 3.8) is 0 Å². The van der Waals surface area contributed by atoms with Gasteiger partial charge in [-0.25, -0.2) is 9.18 Å². The SMILES string of the molecule is O=C(NC(Cc1ccc(-c2cc(Cl)ccc2F)cc1)CC1(C(=O)O)CCN(C(=O)OCc2ccccc2)C1)c1cn[nH]n1. The van der Waals surface area contributed by atoms with E-state index < -0.39 is 35.2 Å². The van der Waals surface area contributed by atoms with E-state index in [0.29, 0.717) is 16.1 Å². The first-order chi connectivity index (χ1) is 20.7. The van der Waals surface area contributed by atoms with E-state index >= 15 is 0 Å². The third kappa shape index (κ3) is 7.18. The van der Waals surface area contributed by atoms with Crippen LogP contribution in [0, 0.1) is 11.2 Å². The van der Waals surface area contributed by atoms with Crippen LogP contribution in [0.15, 0.2) is 79.0 Å². The summed E-state index contributed by atoms with van der Waals surface area (Å²) in [6.07, 6.45) is 1.17. The molecule has 1 aliphatic heterocycles. The number of nitrogens with zero attached hydrogens (tertiary/aromatic N) is 3. The zero-order valence-corrected chi connectivity index (χ0v) is 23.8. The van der Waals surface area contributed by atoms with Crippen molar-refractivity contribution >= 4 is 29.6 Å². The molecule has 0 spiro atoms. The number of halogens is 2. The fourth-order valence-corrected chi connectivity index (χ4v) is 5.48. The smallest absolute Gasteiger partial charge is 0.410 e. The Morgan fingerprint density at radius 1 is 1.09 bits per heavy atom. The average Bonchev–Trinajstić information content (AvgIpc) is 3.70. The van der Waals surface area contributed by atoms with Gasteiger partial charge in [0.05, 0.1) is 11.6 Å². The van der Waals surface area contributed by atoms with Crippen molar-refractivity contribution in [3.05, 3.63) is 107 Å². The number of aliphatic carboxylic acids is 1. The number of likely N-dealkylation sites (tertiary alicyclic amines) is 1. The summed E-state index contributed by atoms with van der Waals surface area (Å²) in [6.45, 7) is 0.199. The Morgan fingerprint density at radius 2 is 1.86 bits per heavy atom. The van der Waals surface area contributed by atoms with Crippen LogP contribution in [0.25, 0.3) is 11.1 Å². The number of ether oxygens (including phenoxy) is 1. The Bertz CT molecular complexity index is 1590. The molecule has 1 aliphatic rings. The lowest BCUT2D eigenvalue weighted by atomic mass is 9.79. The zero-order valence-electron chi connectivity index (χ0n) is 23.0. The van der Waals surface area contributed by atoms with E-state index in [1.807, 2.05) is 30.3 Å². The minimum atomic E-state index is -1.32. The molecular formula is C31H29ClFN5O5. The number of carboxylic acids is 1. The van der Waals surface area contributed by atoms with Gasteiger partial charge in [-0.1, -0.05) is 66.2 Å². The largest absolute Gasteiger partial charge is 0.481 e. The highest BCUT2D eigenvalue weighted by Crippen LogP contribution is 2.37. The van der Waals surface area contributed by atoms with Crippen molar-refractivity contribution in [3.8, 4) is 11.1 Å². The maximum atomic E-state index is 14.4. The third-order valence-corrected chi connectivity index (χ3v) is 7.80. The Hall–Kier alpha value is -4.77. The van der Waals surface area contributed by atoms with E-state index in [1.165, 1.54) is 23.2 Å². The summed E-state index contributed by atoms with van der Waals surface area (Å²) in [5.41, 5.74) is 1.31. The first kappa shape index (κ1) is 29.7. The molecule has 222 valence electrons. The summed E-state index contributed by atoms with van der Waals surface area (Å²) in [5, 5.41) is 23.5.